The van der Waals surface area contributed by atoms with E-state index in [2.05, 4.69) is 6.58 Å². The van der Waals surface area contributed by atoms with Gasteiger partial charge in [-0.1, -0.05) is 50.3 Å². The molecule has 27 heavy (non-hydrogen) atoms. The maximum absolute atomic E-state index is 13.3. The molecular weight excluding hydrogens is 340 g/mol. The van der Waals surface area contributed by atoms with E-state index in [1.165, 1.54) is 4.90 Å². The summed E-state index contributed by atoms with van der Waals surface area (Å²) >= 11 is 0. The summed E-state index contributed by atoms with van der Waals surface area (Å²) < 4.78 is 5.57. The first kappa shape index (κ1) is 20.9. The Bertz CT molecular complexity index is 747. The van der Waals surface area contributed by atoms with Crippen molar-refractivity contribution < 1.29 is 14.3 Å². The molecule has 0 saturated carbocycles. The second-order valence-corrected chi connectivity index (χ2v) is 8.47. The molecule has 1 aromatic carbocycles. The van der Waals surface area contributed by atoms with Crippen molar-refractivity contribution in [2.75, 3.05) is 0 Å². The summed E-state index contributed by atoms with van der Waals surface area (Å²) in [4.78, 5) is 32.4. The van der Waals surface area contributed by atoms with Gasteiger partial charge in [-0.15, -0.1) is 6.58 Å². The van der Waals surface area contributed by atoms with Gasteiger partial charge in [-0.3, -0.25) is 9.79 Å². The van der Waals surface area contributed by atoms with Crippen molar-refractivity contribution >= 4 is 17.7 Å². The first-order valence-corrected chi connectivity index (χ1v) is 9.33. The van der Waals surface area contributed by atoms with E-state index < -0.39 is 23.3 Å². The van der Waals surface area contributed by atoms with Crippen LogP contribution in [0.25, 0.3) is 0 Å². The third-order valence-electron chi connectivity index (χ3n) is 4.44. The van der Waals surface area contributed by atoms with Crippen LogP contribution in [0.2, 0.25) is 0 Å². The highest BCUT2D eigenvalue weighted by atomic mass is 16.6. The van der Waals surface area contributed by atoms with Gasteiger partial charge in [-0.2, -0.15) is 0 Å². The van der Waals surface area contributed by atoms with Crippen molar-refractivity contribution in [2.45, 2.75) is 65.1 Å². The summed E-state index contributed by atoms with van der Waals surface area (Å²) in [5.41, 5.74) is -0.169. The summed E-state index contributed by atoms with van der Waals surface area (Å²) in [7, 11) is 0. The zero-order valence-electron chi connectivity index (χ0n) is 17.2. The van der Waals surface area contributed by atoms with Gasteiger partial charge in [-0.25, -0.2) is 9.69 Å². The highest BCUT2D eigenvalue weighted by Crippen LogP contribution is 2.33. The number of ether oxygens (including phenoxy) is 1. The van der Waals surface area contributed by atoms with Gasteiger partial charge in [0.05, 0.1) is 11.8 Å². The van der Waals surface area contributed by atoms with Crippen LogP contribution in [0, 0.1) is 5.92 Å². The van der Waals surface area contributed by atoms with Crippen LogP contribution in [-0.4, -0.2) is 39.8 Å². The number of hydrogen-bond acceptors (Lipinski definition) is 4. The van der Waals surface area contributed by atoms with Gasteiger partial charge in [-0.05, 0) is 45.6 Å². The summed E-state index contributed by atoms with van der Waals surface area (Å²) in [6, 6.07) is 9.18. The lowest BCUT2D eigenvalue weighted by molar-refractivity contribution is -0.138. The normalized spacial score (nSPS) is 23.2. The average Bonchev–Trinajstić information content (AvgIpc) is 2.56. The Morgan fingerprint density at radius 1 is 1.33 bits per heavy atom. The van der Waals surface area contributed by atoms with E-state index in [4.69, 9.17) is 9.73 Å². The van der Waals surface area contributed by atoms with Crippen molar-refractivity contribution in [3.05, 3.63) is 48.6 Å². The van der Waals surface area contributed by atoms with E-state index in [0.29, 0.717) is 6.42 Å². The van der Waals surface area contributed by atoms with Gasteiger partial charge in [0, 0.05) is 0 Å². The Labute approximate surface area is 162 Å². The Hall–Kier alpha value is -2.43. The summed E-state index contributed by atoms with van der Waals surface area (Å²) in [5, 5.41) is 0. The molecule has 2 amide bonds. The summed E-state index contributed by atoms with van der Waals surface area (Å²) in [6.45, 7) is 14.8. The minimum absolute atomic E-state index is 0.0197. The lowest BCUT2D eigenvalue weighted by Gasteiger charge is -2.43. The molecule has 0 radical (unpaired) electrons. The molecule has 0 aliphatic carbocycles. The fraction of sp³-hybridized carbons (Fsp3) is 0.500. The number of aliphatic imine (C=N–C) groups is 1. The van der Waals surface area contributed by atoms with E-state index >= 15 is 0 Å². The van der Waals surface area contributed by atoms with Gasteiger partial charge in [0.25, 0.3) is 5.91 Å². The van der Waals surface area contributed by atoms with Crippen molar-refractivity contribution in [3.8, 4) is 0 Å². The van der Waals surface area contributed by atoms with Gasteiger partial charge in [0.15, 0.2) is 0 Å². The predicted octanol–water partition coefficient (Wildman–Crippen LogP) is 4.61. The molecular formula is C22H30N2O3. The fourth-order valence-electron chi connectivity index (χ4n) is 3.27. The first-order chi connectivity index (χ1) is 12.5. The van der Waals surface area contributed by atoms with Crippen molar-refractivity contribution in [3.63, 3.8) is 0 Å². The number of hydrogen-bond donors (Lipinski definition) is 0. The van der Waals surface area contributed by atoms with Gasteiger partial charge in [0.1, 0.15) is 11.1 Å². The summed E-state index contributed by atoms with van der Waals surface area (Å²) in [6.07, 6.45) is 1.36. The van der Waals surface area contributed by atoms with Gasteiger partial charge in [0.2, 0.25) is 0 Å². The Balaban J connectivity index is 2.65. The standard InChI is InChI=1S/C22H30N2O3/c1-8-14-22(7)19(25)24(20(26)27-21(4,5)6)18(15(2)3)17(23-22)16-12-10-9-11-13-16/h8-13,15,18H,1,14H2,2-7H3/t18-,22+/m1/s1. The van der Waals surface area contributed by atoms with Crippen LogP contribution >= 0.6 is 0 Å². The zero-order chi connectivity index (χ0) is 20.4. The maximum Gasteiger partial charge on any atom is 0.417 e. The lowest BCUT2D eigenvalue weighted by Crippen LogP contribution is -2.62. The number of rotatable bonds is 4. The molecule has 0 spiro atoms. The van der Waals surface area contributed by atoms with Crippen LogP contribution in [0.1, 0.15) is 53.5 Å². The smallest absolute Gasteiger partial charge is 0.417 e. The number of carbonyl (C=O) groups is 2. The minimum atomic E-state index is -1.09. The Morgan fingerprint density at radius 2 is 1.93 bits per heavy atom. The molecule has 2 atom stereocenters. The number of carbonyl (C=O) groups excluding carboxylic acids is 2. The van der Waals surface area contributed by atoms with E-state index in [0.717, 1.165) is 11.3 Å². The van der Waals surface area contributed by atoms with Crippen LogP contribution in [0.4, 0.5) is 4.79 Å². The molecule has 0 aromatic heterocycles. The molecule has 5 heteroatoms. The average molecular weight is 370 g/mol. The number of nitrogens with zero attached hydrogens (tertiary/aromatic N) is 2. The van der Waals surface area contributed by atoms with Crippen molar-refractivity contribution in [1.29, 1.82) is 0 Å². The Morgan fingerprint density at radius 3 is 2.41 bits per heavy atom. The molecule has 1 aliphatic heterocycles. The molecule has 1 heterocycles. The quantitative estimate of drug-likeness (QED) is 0.727. The van der Waals surface area contributed by atoms with Crippen LogP contribution in [0.15, 0.2) is 48.0 Å². The van der Waals surface area contributed by atoms with Crippen LogP contribution in [-0.2, 0) is 9.53 Å². The molecule has 0 N–H and O–H groups in total. The van der Waals surface area contributed by atoms with E-state index in [1.807, 2.05) is 44.2 Å². The number of imide groups is 1. The second kappa shape index (κ2) is 7.67. The molecule has 0 bridgehead atoms. The van der Waals surface area contributed by atoms with Crippen LogP contribution in [0.3, 0.4) is 0 Å². The molecule has 146 valence electrons. The third-order valence-corrected chi connectivity index (χ3v) is 4.44. The molecule has 0 fully saturated rings. The molecule has 1 aromatic rings. The fourth-order valence-corrected chi connectivity index (χ4v) is 3.27. The molecule has 0 unspecified atom stereocenters. The first-order valence-electron chi connectivity index (χ1n) is 9.33. The maximum atomic E-state index is 13.3. The highest BCUT2D eigenvalue weighted by molar-refractivity contribution is 6.14. The third kappa shape index (κ3) is 4.46. The van der Waals surface area contributed by atoms with E-state index in [9.17, 15) is 9.59 Å². The predicted molar refractivity (Wildman–Crippen MR) is 108 cm³/mol. The summed E-state index contributed by atoms with van der Waals surface area (Å²) in [5.74, 6) is -0.372. The van der Waals surface area contributed by atoms with E-state index in [-0.39, 0.29) is 11.8 Å². The molecule has 0 saturated heterocycles. The molecule has 5 nitrogen and oxygen atoms in total. The SMILES string of the molecule is C=CC[C@]1(C)N=C(c2ccccc2)[C@@H](C(C)C)N(C(=O)OC(C)(C)C)C1=O. The van der Waals surface area contributed by atoms with Crippen LogP contribution in [0.5, 0.6) is 0 Å². The topological polar surface area (TPSA) is 59.0 Å². The van der Waals surface area contributed by atoms with E-state index in [1.54, 1.807) is 33.8 Å². The number of amides is 2. The largest absolute Gasteiger partial charge is 0.443 e. The minimum Gasteiger partial charge on any atom is -0.443 e. The highest BCUT2D eigenvalue weighted by Gasteiger charge is 2.49. The molecule has 1 aliphatic rings. The van der Waals surface area contributed by atoms with Gasteiger partial charge < -0.3 is 4.74 Å². The zero-order valence-corrected chi connectivity index (χ0v) is 17.2. The monoisotopic (exact) mass is 370 g/mol. The van der Waals surface area contributed by atoms with Crippen molar-refractivity contribution in [2.24, 2.45) is 10.9 Å². The lowest BCUT2D eigenvalue weighted by atomic mass is 9.85. The molecule has 2 rings (SSSR count). The van der Waals surface area contributed by atoms with Crippen LogP contribution < -0.4 is 0 Å². The Kier molecular flexibility index (Phi) is 5.93. The van der Waals surface area contributed by atoms with Gasteiger partial charge >= 0.3 is 6.09 Å². The second-order valence-electron chi connectivity index (χ2n) is 8.47. The number of benzene rings is 1. The van der Waals surface area contributed by atoms with Crippen molar-refractivity contribution in [1.82, 2.24) is 4.90 Å².